The van der Waals surface area contributed by atoms with Gasteiger partial charge in [0.2, 0.25) is 0 Å². The largest absolute Gasteiger partial charge is 0.468 e. The van der Waals surface area contributed by atoms with E-state index in [2.05, 4.69) is 30.5 Å². The Bertz CT molecular complexity index is 287. The molecule has 0 saturated carbocycles. The number of thiol groups is 1. The third-order valence-electron chi connectivity index (χ3n) is 3.54. The molecule has 0 radical (unpaired) electrons. The van der Waals surface area contributed by atoms with Crippen LogP contribution >= 0.6 is 12.6 Å². The highest BCUT2D eigenvalue weighted by Gasteiger charge is 2.05. The van der Waals surface area contributed by atoms with Crippen molar-refractivity contribution in [3.05, 3.63) is 24.2 Å². The van der Waals surface area contributed by atoms with E-state index in [4.69, 9.17) is 4.42 Å². The molecule has 3 heteroatoms. The topological polar surface area (TPSA) is 16.4 Å². The van der Waals surface area contributed by atoms with Gasteiger partial charge in [-0.1, -0.05) is 39.0 Å². The van der Waals surface area contributed by atoms with E-state index in [1.807, 2.05) is 6.07 Å². The lowest BCUT2D eigenvalue weighted by Gasteiger charge is -2.18. The number of nitrogens with zero attached hydrogens (tertiary/aromatic N) is 1. The van der Waals surface area contributed by atoms with Gasteiger partial charge in [-0.15, -0.1) is 0 Å². The molecule has 0 atom stereocenters. The number of furan rings is 1. The van der Waals surface area contributed by atoms with E-state index in [0.717, 1.165) is 24.6 Å². The average molecular weight is 283 g/mol. The number of hydrogen-bond acceptors (Lipinski definition) is 3. The van der Waals surface area contributed by atoms with Crippen molar-refractivity contribution >= 4 is 12.6 Å². The summed E-state index contributed by atoms with van der Waals surface area (Å²) in [5, 5.41) is 0. The van der Waals surface area contributed by atoms with Crippen LogP contribution < -0.4 is 0 Å². The molecule has 0 aromatic carbocycles. The molecule has 110 valence electrons. The molecule has 0 aliphatic carbocycles. The van der Waals surface area contributed by atoms with Crippen molar-refractivity contribution in [2.75, 3.05) is 18.8 Å². The van der Waals surface area contributed by atoms with E-state index in [-0.39, 0.29) is 0 Å². The SMILES string of the molecule is CCN(CCCCCCCCCS)Cc1ccco1. The molecule has 0 spiro atoms. The normalized spacial score (nSPS) is 11.3. The second-order valence-electron chi connectivity index (χ2n) is 5.15. The van der Waals surface area contributed by atoms with Gasteiger partial charge in [-0.2, -0.15) is 12.6 Å². The zero-order valence-electron chi connectivity index (χ0n) is 12.3. The third kappa shape index (κ3) is 8.38. The molecule has 0 saturated heterocycles. The van der Waals surface area contributed by atoms with Crippen molar-refractivity contribution in [1.29, 1.82) is 0 Å². The highest BCUT2D eigenvalue weighted by atomic mass is 32.1. The molecule has 0 bridgehead atoms. The molecule has 0 aliphatic heterocycles. The smallest absolute Gasteiger partial charge is 0.117 e. The number of unbranched alkanes of at least 4 members (excludes halogenated alkanes) is 6. The first-order valence-electron chi connectivity index (χ1n) is 7.72. The van der Waals surface area contributed by atoms with Crippen LogP contribution in [0.25, 0.3) is 0 Å². The Kier molecular flexibility index (Phi) is 10.0. The minimum Gasteiger partial charge on any atom is -0.468 e. The summed E-state index contributed by atoms with van der Waals surface area (Å²) in [5.74, 6) is 2.12. The molecule has 1 aromatic rings. The Morgan fingerprint density at radius 1 is 1.05 bits per heavy atom. The van der Waals surface area contributed by atoms with Crippen molar-refractivity contribution in [1.82, 2.24) is 4.90 Å². The maximum atomic E-state index is 5.40. The molecule has 0 fully saturated rings. The van der Waals surface area contributed by atoms with Crippen molar-refractivity contribution in [3.63, 3.8) is 0 Å². The average Bonchev–Trinajstić information content (AvgIpc) is 2.93. The zero-order chi connectivity index (χ0) is 13.8. The maximum absolute atomic E-state index is 5.40. The highest BCUT2D eigenvalue weighted by molar-refractivity contribution is 7.80. The number of hydrogen-bond donors (Lipinski definition) is 1. The molecule has 19 heavy (non-hydrogen) atoms. The van der Waals surface area contributed by atoms with E-state index >= 15 is 0 Å². The molecule has 1 heterocycles. The molecule has 1 rings (SSSR count). The van der Waals surface area contributed by atoms with Gasteiger partial charge in [0.25, 0.3) is 0 Å². The summed E-state index contributed by atoms with van der Waals surface area (Å²) in [5.41, 5.74) is 0. The molecule has 0 aliphatic rings. The van der Waals surface area contributed by atoms with Gasteiger partial charge in [-0.05, 0) is 43.8 Å². The first-order chi connectivity index (χ1) is 9.36. The van der Waals surface area contributed by atoms with Gasteiger partial charge in [-0.25, -0.2) is 0 Å². The Morgan fingerprint density at radius 2 is 1.74 bits per heavy atom. The standard InChI is InChI=1S/C16H29NOS/c1-2-17(15-16-11-10-13-18-16)12-8-6-4-3-5-7-9-14-19/h10-11,13,19H,2-9,12,14-15H2,1H3. The van der Waals surface area contributed by atoms with Crippen LogP contribution in [0.15, 0.2) is 22.8 Å². The second kappa shape index (κ2) is 11.4. The minimum atomic E-state index is 0.950. The minimum absolute atomic E-state index is 0.950. The van der Waals surface area contributed by atoms with Crippen molar-refractivity contribution < 1.29 is 4.42 Å². The van der Waals surface area contributed by atoms with Gasteiger partial charge in [0.05, 0.1) is 12.8 Å². The molecule has 0 amide bonds. The fourth-order valence-corrected chi connectivity index (χ4v) is 2.53. The van der Waals surface area contributed by atoms with Crippen LogP contribution in [0, 0.1) is 0 Å². The first kappa shape index (κ1) is 16.6. The van der Waals surface area contributed by atoms with Gasteiger partial charge >= 0.3 is 0 Å². The Morgan fingerprint density at radius 3 is 2.32 bits per heavy atom. The molecule has 0 unspecified atom stereocenters. The van der Waals surface area contributed by atoms with Crippen molar-refractivity contribution in [3.8, 4) is 0 Å². The monoisotopic (exact) mass is 283 g/mol. The summed E-state index contributed by atoms with van der Waals surface area (Å²) in [6.45, 7) is 5.46. The lowest BCUT2D eigenvalue weighted by molar-refractivity contribution is 0.250. The third-order valence-corrected chi connectivity index (χ3v) is 3.86. The summed E-state index contributed by atoms with van der Waals surface area (Å²) in [4.78, 5) is 2.46. The van der Waals surface area contributed by atoms with Crippen LogP contribution in [0.1, 0.15) is 57.6 Å². The Balaban J connectivity index is 1.97. The van der Waals surface area contributed by atoms with Gasteiger partial charge in [0.15, 0.2) is 0 Å². The van der Waals surface area contributed by atoms with Gasteiger partial charge < -0.3 is 4.42 Å². The molecule has 2 nitrogen and oxygen atoms in total. The van der Waals surface area contributed by atoms with E-state index in [1.54, 1.807) is 6.26 Å². The summed E-state index contributed by atoms with van der Waals surface area (Å²) >= 11 is 4.24. The highest BCUT2D eigenvalue weighted by Crippen LogP contribution is 2.10. The van der Waals surface area contributed by atoms with E-state index in [1.165, 1.54) is 51.5 Å². The van der Waals surface area contributed by atoms with Gasteiger partial charge in [-0.3, -0.25) is 4.90 Å². The van der Waals surface area contributed by atoms with Crippen LogP contribution in [0.4, 0.5) is 0 Å². The predicted octanol–water partition coefficient (Wildman–Crippen LogP) is 4.76. The fourth-order valence-electron chi connectivity index (χ4n) is 2.30. The maximum Gasteiger partial charge on any atom is 0.117 e. The van der Waals surface area contributed by atoms with Crippen molar-refractivity contribution in [2.45, 2.75) is 58.4 Å². The van der Waals surface area contributed by atoms with Crippen molar-refractivity contribution in [2.24, 2.45) is 0 Å². The molecular formula is C16H29NOS. The quantitative estimate of drug-likeness (QED) is 0.440. The van der Waals surface area contributed by atoms with Crippen LogP contribution in [-0.4, -0.2) is 23.7 Å². The molecule has 1 aromatic heterocycles. The lowest BCUT2D eigenvalue weighted by atomic mass is 10.1. The molecule has 0 N–H and O–H groups in total. The number of rotatable bonds is 12. The summed E-state index contributed by atoms with van der Waals surface area (Å²) in [6.07, 6.45) is 11.2. The lowest BCUT2D eigenvalue weighted by Crippen LogP contribution is -2.23. The predicted molar refractivity (Wildman–Crippen MR) is 85.8 cm³/mol. The molecular weight excluding hydrogens is 254 g/mol. The van der Waals surface area contributed by atoms with Gasteiger partial charge in [0, 0.05) is 0 Å². The fraction of sp³-hybridized carbons (Fsp3) is 0.750. The summed E-state index contributed by atoms with van der Waals surface area (Å²) in [6, 6.07) is 4.03. The van der Waals surface area contributed by atoms with E-state index in [9.17, 15) is 0 Å². The van der Waals surface area contributed by atoms with Gasteiger partial charge in [0.1, 0.15) is 5.76 Å². The van der Waals surface area contributed by atoms with Crippen LogP contribution in [0.2, 0.25) is 0 Å². The van der Waals surface area contributed by atoms with Crippen LogP contribution in [0.5, 0.6) is 0 Å². The van der Waals surface area contributed by atoms with Crippen LogP contribution in [-0.2, 0) is 6.54 Å². The second-order valence-corrected chi connectivity index (χ2v) is 5.59. The Labute approximate surface area is 124 Å². The summed E-state index contributed by atoms with van der Waals surface area (Å²) < 4.78 is 5.40. The summed E-state index contributed by atoms with van der Waals surface area (Å²) in [7, 11) is 0. The first-order valence-corrected chi connectivity index (χ1v) is 8.35. The van der Waals surface area contributed by atoms with E-state index in [0.29, 0.717) is 0 Å². The Hall–Kier alpha value is -0.410. The van der Waals surface area contributed by atoms with E-state index < -0.39 is 0 Å². The van der Waals surface area contributed by atoms with Crippen LogP contribution in [0.3, 0.4) is 0 Å². The zero-order valence-corrected chi connectivity index (χ0v) is 13.2.